The average Bonchev–Trinajstić information content (AvgIpc) is 2.66. The summed E-state index contributed by atoms with van der Waals surface area (Å²) in [6.45, 7) is 2.26. The van der Waals surface area contributed by atoms with Gasteiger partial charge in [-0.05, 0) is 44.2 Å². The summed E-state index contributed by atoms with van der Waals surface area (Å²) in [6.07, 6.45) is 21.2. The van der Waals surface area contributed by atoms with E-state index in [0.717, 1.165) is 19.3 Å². The summed E-state index contributed by atoms with van der Waals surface area (Å²) in [4.78, 5) is 11.8. The van der Waals surface area contributed by atoms with Crippen molar-refractivity contribution in [2.75, 3.05) is 0 Å². The minimum absolute atomic E-state index is 0.00963. The van der Waals surface area contributed by atoms with Gasteiger partial charge >= 0.3 is 5.97 Å². The molecule has 0 aliphatic rings. The van der Waals surface area contributed by atoms with Crippen LogP contribution < -0.4 is 4.74 Å². The van der Waals surface area contributed by atoms with Crippen LogP contribution in [-0.4, -0.2) is 11.1 Å². The maximum atomic E-state index is 11.8. The lowest BCUT2D eigenvalue weighted by Crippen LogP contribution is -2.07. The minimum Gasteiger partial charge on any atom is -0.504 e. The monoisotopic (exact) mass is 374 g/mol. The van der Waals surface area contributed by atoms with Crippen molar-refractivity contribution in [3.8, 4) is 11.5 Å². The highest BCUT2D eigenvalue weighted by atomic mass is 16.5. The zero-order chi connectivity index (χ0) is 19.6. The smallest absolute Gasteiger partial charge is 0.311 e. The first kappa shape index (κ1) is 23.3. The lowest BCUT2D eigenvalue weighted by atomic mass is 10.1. The zero-order valence-electron chi connectivity index (χ0n) is 17.1. The molecule has 0 heterocycles. The summed E-state index contributed by atoms with van der Waals surface area (Å²) >= 11 is 0. The normalized spacial score (nSPS) is 11.1. The van der Waals surface area contributed by atoms with Crippen LogP contribution >= 0.6 is 0 Å². The van der Waals surface area contributed by atoms with Crippen molar-refractivity contribution >= 4 is 5.97 Å². The molecule has 0 aliphatic heterocycles. The van der Waals surface area contributed by atoms with E-state index in [1.165, 1.54) is 70.3 Å². The minimum atomic E-state index is -0.269. The molecule has 0 saturated heterocycles. The molecular weight excluding hydrogens is 336 g/mol. The van der Waals surface area contributed by atoms with E-state index in [2.05, 4.69) is 19.1 Å². The average molecular weight is 375 g/mol. The van der Waals surface area contributed by atoms with E-state index in [9.17, 15) is 9.90 Å². The van der Waals surface area contributed by atoms with E-state index in [0.29, 0.717) is 6.42 Å². The van der Waals surface area contributed by atoms with Crippen molar-refractivity contribution in [1.29, 1.82) is 0 Å². The zero-order valence-corrected chi connectivity index (χ0v) is 17.1. The fraction of sp³-hybridized carbons (Fsp3) is 0.625. The molecular formula is C24H38O3. The number of phenols is 1. The quantitative estimate of drug-likeness (QED) is 0.142. The highest BCUT2D eigenvalue weighted by molar-refractivity contribution is 5.73. The number of aromatic hydroxyl groups is 1. The summed E-state index contributed by atoms with van der Waals surface area (Å²) in [5.41, 5.74) is 0. The maximum Gasteiger partial charge on any atom is 0.311 e. The van der Waals surface area contributed by atoms with Gasteiger partial charge in [-0.3, -0.25) is 4.79 Å². The molecule has 0 amide bonds. The Morgan fingerprint density at radius 1 is 0.852 bits per heavy atom. The maximum absolute atomic E-state index is 11.8. The first-order valence-corrected chi connectivity index (χ1v) is 10.9. The second-order valence-corrected chi connectivity index (χ2v) is 7.28. The molecule has 0 spiro atoms. The van der Waals surface area contributed by atoms with Crippen molar-refractivity contribution in [3.05, 3.63) is 36.4 Å². The number of hydrogen-bond acceptors (Lipinski definition) is 3. The molecule has 1 aromatic rings. The standard InChI is InChI=1S/C24H38O3/c1-2-3-4-5-6-7-8-9-10-11-12-13-14-15-16-21-24(26)27-23-20-18-17-19-22(23)25/h9-10,17-20,25H,2-8,11-16,21H2,1H3/b10-9-. The van der Waals surface area contributed by atoms with E-state index in [1.54, 1.807) is 18.2 Å². The largest absolute Gasteiger partial charge is 0.504 e. The van der Waals surface area contributed by atoms with Crippen molar-refractivity contribution in [2.45, 2.75) is 96.8 Å². The van der Waals surface area contributed by atoms with Gasteiger partial charge in [0.25, 0.3) is 0 Å². The molecule has 3 heteroatoms. The molecule has 0 saturated carbocycles. The molecule has 0 unspecified atom stereocenters. The number of para-hydroxylation sites is 2. The molecule has 27 heavy (non-hydrogen) atoms. The van der Waals surface area contributed by atoms with Crippen molar-refractivity contribution < 1.29 is 14.6 Å². The van der Waals surface area contributed by atoms with Crippen LogP contribution in [0.5, 0.6) is 11.5 Å². The number of hydrogen-bond donors (Lipinski definition) is 1. The Kier molecular flexibility index (Phi) is 14.1. The number of esters is 1. The van der Waals surface area contributed by atoms with Crippen LogP contribution in [0.1, 0.15) is 96.8 Å². The molecule has 0 fully saturated rings. The van der Waals surface area contributed by atoms with Gasteiger partial charge in [-0.15, -0.1) is 0 Å². The number of carbonyl (C=O) groups excluding carboxylic acids is 1. The van der Waals surface area contributed by atoms with E-state index in [4.69, 9.17) is 4.74 Å². The summed E-state index contributed by atoms with van der Waals surface area (Å²) in [6, 6.07) is 6.57. The Morgan fingerprint density at radius 3 is 2.04 bits per heavy atom. The Balaban J connectivity index is 1.88. The van der Waals surface area contributed by atoms with Gasteiger partial charge in [-0.25, -0.2) is 0 Å². The lowest BCUT2D eigenvalue weighted by molar-refractivity contribution is -0.134. The van der Waals surface area contributed by atoms with Crippen LogP contribution in [0.3, 0.4) is 0 Å². The number of benzene rings is 1. The number of phenolic OH excluding ortho intramolecular Hbond substituents is 1. The molecule has 1 aromatic carbocycles. The number of rotatable bonds is 16. The van der Waals surface area contributed by atoms with Crippen LogP contribution in [-0.2, 0) is 4.79 Å². The SMILES string of the molecule is CCCCCCCC/C=C\CCCCCCCC(=O)Oc1ccccc1O. The van der Waals surface area contributed by atoms with Gasteiger partial charge in [0.1, 0.15) is 0 Å². The molecule has 0 aromatic heterocycles. The van der Waals surface area contributed by atoms with E-state index >= 15 is 0 Å². The third-order valence-electron chi connectivity index (χ3n) is 4.73. The van der Waals surface area contributed by atoms with Gasteiger partial charge in [0.05, 0.1) is 0 Å². The van der Waals surface area contributed by atoms with E-state index in [1.807, 2.05) is 0 Å². The molecule has 1 N–H and O–H groups in total. The highest BCUT2D eigenvalue weighted by Crippen LogP contribution is 2.24. The first-order valence-electron chi connectivity index (χ1n) is 10.9. The summed E-state index contributed by atoms with van der Waals surface area (Å²) in [5, 5.41) is 9.58. The Morgan fingerprint density at radius 2 is 1.41 bits per heavy atom. The predicted octanol–water partition coefficient (Wildman–Crippen LogP) is 7.34. The number of carbonyl (C=O) groups is 1. The van der Waals surface area contributed by atoms with Crippen molar-refractivity contribution in [3.63, 3.8) is 0 Å². The summed E-state index contributed by atoms with van der Waals surface area (Å²) < 4.78 is 5.17. The van der Waals surface area contributed by atoms with Gasteiger partial charge in [0.2, 0.25) is 0 Å². The van der Waals surface area contributed by atoms with Crippen LogP contribution in [0.2, 0.25) is 0 Å². The molecule has 0 aliphatic carbocycles. The molecule has 3 nitrogen and oxygen atoms in total. The predicted molar refractivity (Wildman–Crippen MR) is 113 cm³/mol. The fourth-order valence-electron chi connectivity index (χ4n) is 3.06. The van der Waals surface area contributed by atoms with E-state index in [-0.39, 0.29) is 17.5 Å². The van der Waals surface area contributed by atoms with Gasteiger partial charge in [-0.2, -0.15) is 0 Å². The molecule has 152 valence electrons. The molecule has 0 radical (unpaired) electrons. The van der Waals surface area contributed by atoms with Gasteiger partial charge in [-0.1, -0.05) is 82.6 Å². The number of unbranched alkanes of at least 4 members (excludes halogenated alkanes) is 11. The fourth-order valence-corrected chi connectivity index (χ4v) is 3.06. The second-order valence-electron chi connectivity index (χ2n) is 7.28. The Labute approximate surface area is 165 Å². The van der Waals surface area contributed by atoms with Gasteiger partial charge < -0.3 is 9.84 Å². The number of allylic oxidation sites excluding steroid dienone is 2. The van der Waals surface area contributed by atoms with Crippen LogP contribution in [0.25, 0.3) is 0 Å². The van der Waals surface area contributed by atoms with Crippen LogP contribution in [0.4, 0.5) is 0 Å². The number of ether oxygens (including phenoxy) is 1. The highest BCUT2D eigenvalue weighted by Gasteiger charge is 2.07. The molecule has 1 rings (SSSR count). The second kappa shape index (κ2) is 16.4. The lowest BCUT2D eigenvalue weighted by Gasteiger charge is -2.05. The Bertz CT molecular complexity index is 522. The first-order chi connectivity index (χ1) is 13.2. The summed E-state index contributed by atoms with van der Waals surface area (Å²) in [5.74, 6) is -0.0141. The van der Waals surface area contributed by atoms with Gasteiger partial charge in [0.15, 0.2) is 11.5 Å². The van der Waals surface area contributed by atoms with Gasteiger partial charge in [0, 0.05) is 6.42 Å². The van der Waals surface area contributed by atoms with Crippen LogP contribution in [0, 0.1) is 0 Å². The van der Waals surface area contributed by atoms with Crippen molar-refractivity contribution in [2.24, 2.45) is 0 Å². The van der Waals surface area contributed by atoms with E-state index < -0.39 is 0 Å². The van der Waals surface area contributed by atoms with Crippen molar-refractivity contribution in [1.82, 2.24) is 0 Å². The Hall–Kier alpha value is -1.77. The molecule has 0 atom stereocenters. The summed E-state index contributed by atoms with van der Waals surface area (Å²) in [7, 11) is 0. The third-order valence-corrected chi connectivity index (χ3v) is 4.73. The third kappa shape index (κ3) is 13.1. The molecule has 0 bridgehead atoms. The topological polar surface area (TPSA) is 46.5 Å². The van der Waals surface area contributed by atoms with Crippen LogP contribution in [0.15, 0.2) is 36.4 Å².